The third-order valence-corrected chi connectivity index (χ3v) is 2.25. The second-order valence-electron chi connectivity index (χ2n) is 2.74. The molecule has 1 heterocycles. The number of amides is 1. The van der Waals surface area contributed by atoms with Crippen LogP contribution in [0.5, 0.6) is 0 Å². The van der Waals surface area contributed by atoms with Crippen LogP contribution in [0, 0.1) is 0 Å². The van der Waals surface area contributed by atoms with Crippen molar-refractivity contribution in [3.8, 4) is 0 Å². The van der Waals surface area contributed by atoms with E-state index in [1.807, 2.05) is 0 Å². The van der Waals surface area contributed by atoms with E-state index < -0.39 is 5.97 Å². The molecule has 5 nitrogen and oxygen atoms in total. The van der Waals surface area contributed by atoms with Gasteiger partial charge in [-0.25, -0.2) is 4.98 Å². The molecule has 0 bridgehead atoms. The van der Waals surface area contributed by atoms with Crippen molar-refractivity contribution in [3.05, 3.63) is 16.6 Å². The Morgan fingerprint density at radius 2 is 2.36 bits per heavy atom. The zero-order chi connectivity index (χ0) is 10.6. The van der Waals surface area contributed by atoms with Crippen LogP contribution in [0.2, 0.25) is 0 Å². The molecule has 0 saturated carbocycles. The predicted octanol–water partition coefficient (Wildman–Crippen LogP) is 0.690. The van der Waals surface area contributed by atoms with Gasteiger partial charge in [0.25, 0.3) is 5.91 Å². The number of thiazole rings is 1. The number of hydrogen-bond donors (Lipinski definition) is 1. The molecule has 0 aliphatic rings. The minimum atomic E-state index is -0.914. The third-order valence-electron chi connectivity index (χ3n) is 1.66. The molecule has 1 aromatic heterocycles. The van der Waals surface area contributed by atoms with Gasteiger partial charge in [0.05, 0.1) is 11.9 Å². The van der Waals surface area contributed by atoms with E-state index >= 15 is 0 Å². The maximum Gasteiger partial charge on any atom is 0.305 e. The average molecular weight is 214 g/mol. The molecule has 0 unspecified atom stereocenters. The molecular weight excluding hydrogens is 204 g/mol. The van der Waals surface area contributed by atoms with Crippen molar-refractivity contribution in [2.45, 2.75) is 6.42 Å². The van der Waals surface area contributed by atoms with E-state index in [1.165, 1.54) is 16.2 Å². The van der Waals surface area contributed by atoms with Gasteiger partial charge in [-0.3, -0.25) is 9.59 Å². The fourth-order valence-electron chi connectivity index (χ4n) is 0.879. The zero-order valence-electron chi connectivity index (χ0n) is 7.64. The molecule has 1 rings (SSSR count). The van der Waals surface area contributed by atoms with Crippen LogP contribution in [-0.2, 0) is 4.79 Å². The monoisotopic (exact) mass is 214 g/mol. The standard InChI is InChI=1S/C8H10N2O3S/c1-10(3-2-7(11)12)8(13)6-4-14-5-9-6/h4-5H,2-3H2,1H3,(H,11,12). The lowest BCUT2D eigenvalue weighted by atomic mass is 10.3. The molecule has 76 valence electrons. The first-order chi connectivity index (χ1) is 6.61. The Labute approximate surface area is 85.0 Å². The average Bonchev–Trinajstić information content (AvgIpc) is 2.65. The summed E-state index contributed by atoms with van der Waals surface area (Å²) in [6.07, 6.45) is -0.0492. The molecule has 0 aliphatic carbocycles. The molecule has 0 fully saturated rings. The van der Waals surface area contributed by atoms with E-state index in [9.17, 15) is 9.59 Å². The molecule has 1 aromatic rings. The smallest absolute Gasteiger partial charge is 0.305 e. The highest BCUT2D eigenvalue weighted by atomic mass is 32.1. The Morgan fingerprint density at radius 1 is 1.64 bits per heavy atom. The zero-order valence-corrected chi connectivity index (χ0v) is 8.45. The van der Waals surface area contributed by atoms with E-state index in [4.69, 9.17) is 5.11 Å². The lowest BCUT2D eigenvalue weighted by Gasteiger charge is -2.13. The van der Waals surface area contributed by atoms with Crippen LogP contribution >= 0.6 is 11.3 Å². The van der Waals surface area contributed by atoms with Crippen LogP contribution in [0.15, 0.2) is 10.9 Å². The number of carboxylic acid groups (broad SMARTS) is 1. The minimum absolute atomic E-state index is 0.0492. The molecule has 0 atom stereocenters. The molecule has 1 N–H and O–H groups in total. The second kappa shape index (κ2) is 4.71. The number of aromatic nitrogens is 1. The topological polar surface area (TPSA) is 70.5 Å². The van der Waals surface area contributed by atoms with Gasteiger partial charge in [-0.15, -0.1) is 11.3 Å². The van der Waals surface area contributed by atoms with E-state index in [0.717, 1.165) is 0 Å². The van der Waals surface area contributed by atoms with Crippen LogP contribution in [0.4, 0.5) is 0 Å². The summed E-state index contributed by atoms with van der Waals surface area (Å²) < 4.78 is 0. The van der Waals surface area contributed by atoms with Gasteiger partial charge >= 0.3 is 5.97 Å². The quantitative estimate of drug-likeness (QED) is 0.800. The van der Waals surface area contributed by atoms with Crippen molar-refractivity contribution in [2.75, 3.05) is 13.6 Å². The molecule has 14 heavy (non-hydrogen) atoms. The fraction of sp³-hybridized carbons (Fsp3) is 0.375. The highest BCUT2D eigenvalue weighted by molar-refractivity contribution is 7.07. The fourth-order valence-corrected chi connectivity index (χ4v) is 1.40. The Hall–Kier alpha value is -1.43. The Kier molecular flexibility index (Phi) is 3.58. The van der Waals surface area contributed by atoms with E-state index in [0.29, 0.717) is 5.69 Å². The van der Waals surface area contributed by atoms with Crippen molar-refractivity contribution >= 4 is 23.2 Å². The molecule has 0 saturated heterocycles. The lowest BCUT2D eigenvalue weighted by molar-refractivity contribution is -0.137. The van der Waals surface area contributed by atoms with Gasteiger partial charge in [0.15, 0.2) is 0 Å². The van der Waals surface area contributed by atoms with Crippen molar-refractivity contribution in [2.24, 2.45) is 0 Å². The van der Waals surface area contributed by atoms with Crippen LogP contribution in [0.3, 0.4) is 0 Å². The van der Waals surface area contributed by atoms with Crippen molar-refractivity contribution in [3.63, 3.8) is 0 Å². The third kappa shape index (κ3) is 2.81. The summed E-state index contributed by atoms with van der Waals surface area (Å²) in [5, 5.41) is 10.1. The van der Waals surface area contributed by atoms with Gasteiger partial charge in [0, 0.05) is 19.0 Å². The summed E-state index contributed by atoms with van der Waals surface area (Å²) in [6, 6.07) is 0. The maximum atomic E-state index is 11.5. The van der Waals surface area contributed by atoms with Gasteiger partial charge in [-0.1, -0.05) is 0 Å². The number of aliphatic carboxylic acids is 1. The number of nitrogens with zero attached hydrogens (tertiary/aromatic N) is 2. The summed E-state index contributed by atoms with van der Waals surface area (Å²) in [4.78, 5) is 27.0. The van der Waals surface area contributed by atoms with Gasteiger partial charge in [0.2, 0.25) is 0 Å². The normalized spacial score (nSPS) is 9.79. The molecule has 0 radical (unpaired) electrons. The Morgan fingerprint density at radius 3 is 2.86 bits per heavy atom. The van der Waals surface area contributed by atoms with E-state index in [-0.39, 0.29) is 18.9 Å². The summed E-state index contributed by atoms with van der Waals surface area (Å²) in [5.41, 5.74) is 1.93. The summed E-state index contributed by atoms with van der Waals surface area (Å²) in [5.74, 6) is -1.16. The second-order valence-corrected chi connectivity index (χ2v) is 3.46. The number of carboxylic acids is 1. The van der Waals surface area contributed by atoms with Crippen LogP contribution in [0.1, 0.15) is 16.9 Å². The molecule has 0 aromatic carbocycles. The van der Waals surface area contributed by atoms with Crippen LogP contribution < -0.4 is 0 Å². The highest BCUT2D eigenvalue weighted by Crippen LogP contribution is 2.04. The van der Waals surface area contributed by atoms with E-state index in [1.54, 1.807) is 17.9 Å². The van der Waals surface area contributed by atoms with Crippen molar-refractivity contribution in [1.29, 1.82) is 0 Å². The molecule has 6 heteroatoms. The van der Waals surface area contributed by atoms with Gasteiger partial charge in [-0.05, 0) is 0 Å². The predicted molar refractivity (Wildman–Crippen MR) is 51.3 cm³/mol. The molecular formula is C8H10N2O3S. The summed E-state index contributed by atoms with van der Waals surface area (Å²) in [7, 11) is 1.56. The maximum absolute atomic E-state index is 11.5. The first-order valence-corrected chi connectivity index (χ1v) is 4.91. The number of carbonyl (C=O) groups excluding carboxylic acids is 1. The lowest BCUT2D eigenvalue weighted by Crippen LogP contribution is -2.29. The number of rotatable bonds is 4. The Bertz CT molecular complexity index is 323. The molecule has 0 spiro atoms. The van der Waals surface area contributed by atoms with Crippen LogP contribution in [0.25, 0.3) is 0 Å². The highest BCUT2D eigenvalue weighted by Gasteiger charge is 2.13. The van der Waals surface area contributed by atoms with Gasteiger partial charge in [-0.2, -0.15) is 0 Å². The molecule has 1 amide bonds. The minimum Gasteiger partial charge on any atom is -0.481 e. The summed E-state index contributed by atoms with van der Waals surface area (Å²) in [6.45, 7) is 0.200. The van der Waals surface area contributed by atoms with Crippen molar-refractivity contribution in [1.82, 2.24) is 9.88 Å². The van der Waals surface area contributed by atoms with Gasteiger partial charge in [0.1, 0.15) is 5.69 Å². The number of hydrogen-bond acceptors (Lipinski definition) is 4. The van der Waals surface area contributed by atoms with E-state index in [2.05, 4.69) is 4.98 Å². The largest absolute Gasteiger partial charge is 0.481 e. The first kappa shape index (κ1) is 10.6. The first-order valence-electron chi connectivity index (χ1n) is 3.96. The Balaban J connectivity index is 2.49. The summed E-state index contributed by atoms with van der Waals surface area (Å²) >= 11 is 1.33. The van der Waals surface area contributed by atoms with Crippen molar-refractivity contribution < 1.29 is 14.7 Å². The SMILES string of the molecule is CN(CCC(=O)O)C(=O)c1cscn1. The molecule has 0 aliphatic heterocycles. The number of carbonyl (C=O) groups is 2. The van der Waals surface area contributed by atoms with Gasteiger partial charge < -0.3 is 10.0 Å². The van der Waals surface area contributed by atoms with Crippen LogP contribution in [-0.4, -0.2) is 40.5 Å².